The van der Waals surface area contributed by atoms with Crippen LogP contribution in [0.25, 0.3) is 0 Å². The number of hydrogen-bond donors (Lipinski definition) is 3. The number of carbonyl (C=O) groups excluding carboxylic acids is 1. The lowest BCUT2D eigenvalue weighted by Crippen LogP contribution is -2.16. The monoisotopic (exact) mass is 375 g/mol. The number of anilines is 2. The van der Waals surface area contributed by atoms with Gasteiger partial charge in [-0.25, -0.2) is 15.8 Å². The van der Waals surface area contributed by atoms with E-state index in [1.54, 1.807) is 12.1 Å². The summed E-state index contributed by atoms with van der Waals surface area (Å²) in [7, 11) is 0. The Kier molecular flexibility index (Phi) is 4.77. The number of amides is 1. The van der Waals surface area contributed by atoms with Crippen LogP contribution in [0.4, 0.5) is 11.5 Å². The van der Waals surface area contributed by atoms with Crippen molar-refractivity contribution in [2.24, 2.45) is 5.84 Å². The summed E-state index contributed by atoms with van der Waals surface area (Å²) >= 11 is 15.3. The summed E-state index contributed by atoms with van der Waals surface area (Å²) in [6.45, 7) is 0. The molecule has 1 aromatic carbocycles. The number of hydrazine groups is 1. The van der Waals surface area contributed by atoms with Gasteiger partial charge in [0.2, 0.25) is 0 Å². The quantitative estimate of drug-likeness (QED) is 0.565. The van der Waals surface area contributed by atoms with Gasteiger partial charge in [-0.05, 0) is 12.1 Å². The van der Waals surface area contributed by atoms with Gasteiger partial charge >= 0.3 is 0 Å². The van der Waals surface area contributed by atoms with Crippen LogP contribution < -0.4 is 16.6 Å². The molecule has 0 unspecified atom stereocenters. The van der Waals surface area contributed by atoms with Crippen LogP contribution >= 0.6 is 39.1 Å². The topological polar surface area (TPSA) is 92.9 Å². The number of nitrogens with zero attached hydrogens (tertiary/aromatic N) is 2. The summed E-state index contributed by atoms with van der Waals surface area (Å²) in [5, 5.41) is 3.20. The molecule has 9 heteroatoms. The van der Waals surface area contributed by atoms with E-state index in [9.17, 15) is 4.79 Å². The molecule has 0 spiro atoms. The van der Waals surface area contributed by atoms with E-state index in [2.05, 4.69) is 36.6 Å². The molecule has 0 fully saturated rings. The molecule has 0 aliphatic heterocycles. The van der Waals surface area contributed by atoms with Crippen molar-refractivity contribution in [1.82, 2.24) is 9.97 Å². The van der Waals surface area contributed by atoms with Gasteiger partial charge in [0, 0.05) is 4.47 Å². The van der Waals surface area contributed by atoms with Crippen LogP contribution in [-0.2, 0) is 0 Å². The Morgan fingerprint density at radius 2 is 1.85 bits per heavy atom. The number of nitrogen functional groups attached to an aromatic ring is 1. The maximum absolute atomic E-state index is 12.0. The van der Waals surface area contributed by atoms with Crippen LogP contribution in [0.15, 0.2) is 29.0 Å². The smallest absolute Gasteiger partial charge is 0.275 e. The van der Waals surface area contributed by atoms with Gasteiger partial charge in [-0.2, -0.15) is 0 Å². The molecule has 0 radical (unpaired) electrons. The maximum atomic E-state index is 12.0. The maximum Gasteiger partial charge on any atom is 0.275 e. The number of hydrogen-bond acceptors (Lipinski definition) is 5. The predicted molar refractivity (Wildman–Crippen MR) is 82.0 cm³/mol. The number of nitrogens with two attached hydrogens (primary N) is 1. The Hall–Kier alpha value is -1.41. The lowest BCUT2D eigenvalue weighted by Gasteiger charge is -2.09. The van der Waals surface area contributed by atoms with Crippen molar-refractivity contribution in [2.45, 2.75) is 0 Å². The first-order valence-electron chi connectivity index (χ1n) is 5.26. The molecule has 0 aliphatic rings. The second-order valence-corrected chi connectivity index (χ2v) is 5.36. The van der Waals surface area contributed by atoms with Crippen LogP contribution in [0.1, 0.15) is 10.5 Å². The van der Waals surface area contributed by atoms with Crippen molar-refractivity contribution >= 4 is 56.5 Å². The third-order valence-corrected chi connectivity index (χ3v) is 3.33. The fourth-order valence-corrected chi connectivity index (χ4v) is 2.66. The Bertz CT molecular complexity index is 627. The molecular formula is C11H8BrCl2N5O. The molecule has 0 bridgehead atoms. The first-order chi connectivity index (χ1) is 9.51. The first-order valence-corrected chi connectivity index (χ1v) is 6.80. The third kappa shape index (κ3) is 3.37. The lowest BCUT2D eigenvalue weighted by atomic mass is 10.3. The molecule has 4 N–H and O–H groups in total. The normalized spacial score (nSPS) is 10.2. The molecule has 1 heterocycles. The highest BCUT2D eigenvalue weighted by Crippen LogP contribution is 2.33. The van der Waals surface area contributed by atoms with Gasteiger partial charge in [-0.1, -0.05) is 39.1 Å². The van der Waals surface area contributed by atoms with Gasteiger partial charge < -0.3 is 10.7 Å². The minimum absolute atomic E-state index is 0.110. The number of nitrogens with one attached hydrogen (secondary N) is 2. The third-order valence-electron chi connectivity index (χ3n) is 2.28. The number of carbonyl (C=O) groups is 1. The molecule has 0 atom stereocenters. The summed E-state index contributed by atoms with van der Waals surface area (Å²) in [6.07, 6.45) is 2.62. The molecule has 0 saturated heterocycles. The van der Waals surface area contributed by atoms with Crippen LogP contribution in [0, 0.1) is 0 Å². The van der Waals surface area contributed by atoms with Gasteiger partial charge in [0.25, 0.3) is 5.91 Å². The van der Waals surface area contributed by atoms with E-state index in [4.69, 9.17) is 29.0 Å². The van der Waals surface area contributed by atoms with Crippen molar-refractivity contribution in [3.05, 3.63) is 44.7 Å². The summed E-state index contributed by atoms with van der Waals surface area (Å²) in [4.78, 5) is 19.8. The van der Waals surface area contributed by atoms with Crippen LogP contribution in [0.2, 0.25) is 10.0 Å². The van der Waals surface area contributed by atoms with Crippen LogP contribution in [0.5, 0.6) is 0 Å². The second kappa shape index (κ2) is 6.36. The van der Waals surface area contributed by atoms with E-state index in [0.29, 0.717) is 26.0 Å². The van der Waals surface area contributed by atoms with E-state index in [0.717, 1.165) is 0 Å². The highest BCUT2D eigenvalue weighted by Gasteiger charge is 2.14. The Balaban J connectivity index is 2.23. The zero-order valence-corrected chi connectivity index (χ0v) is 12.9. The minimum Gasteiger partial charge on any atom is -0.318 e. The second-order valence-electron chi connectivity index (χ2n) is 3.63. The average molecular weight is 377 g/mol. The van der Waals surface area contributed by atoms with Crippen molar-refractivity contribution in [1.29, 1.82) is 0 Å². The lowest BCUT2D eigenvalue weighted by molar-refractivity contribution is 0.102. The highest BCUT2D eigenvalue weighted by atomic mass is 79.9. The molecule has 104 valence electrons. The molecule has 1 aromatic heterocycles. The number of aromatic nitrogens is 2. The van der Waals surface area contributed by atoms with Crippen molar-refractivity contribution in [2.75, 3.05) is 10.7 Å². The van der Waals surface area contributed by atoms with Gasteiger partial charge in [0.15, 0.2) is 5.82 Å². The Morgan fingerprint density at radius 1 is 1.20 bits per heavy atom. The van der Waals surface area contributed by atoms with E-state index >= 15 is 0 Å². The number of benzene rings is 1. The van der Waals surface area contributed by atoms with Crippen molar-refractivity contribution in [3.8, 4) is 0 Å². The van der Waals surface area contributed by atoms with E-state index in [1.165, 1.54) is 12.4 Å². The summed E-state index contributed by atoms with van der Waals surface area (Å²) in [6, 6.07) is 3.24. The fraction of sp³-hybridized carbons (Fsp3) is 0. The summed E-state index contributed by atoms with van der Waals surface area (Å²) in [5.41, 5.74) is 2.73. The zero-order valence-electron chi connectivity index (χ0n) is 9.82. The van der Waals surface area contributed by atoms with Crippen molar-refractivity contribution in [3.63, 3.8) is 0 Å². The number of halogens is 3. The van der Waals surface area contributed by atoms with Gasteiger partial charge in [-0.15, -0.1) is 0 Å². The predicted octanol–water partition coefficient (Wildman–Crippen LogP) is 3.08. The highest BCUT2D eigenvalue weighted by molar-refractivity contribution is 9.10. The molecule has 6 nitrogen and oxygen atoms in total. The molecule has 2 rings (SSSR count). The van der Waals surface area contributed by atoms with Gasteiger partial charge in [-0.3, -0.25) is 4.79 Å². The SMILES string of the molecule is NNc1cnc(C(=O)Nc2c(Cl)cc(Br)cc2Cl)cn1. The Labute approximate surface area is 132 Å². The van der Waals surface area contributed by atoms with Crippen LogP contribution in [0.3, 0.4) is 0 Å². The molecule has 0 aliphatic carbocycles. The fourth-order valence-electron chi connectivity index (χ4n) is 1.36. The van der Waals surface area contributed by atoms with E-state index < -0.39 is 5.91 Å². The zero-order chi connectivity index (χ0) is 14.7. The molecular weight excluding hydrogens is 369 g/mol. The first kappa shape index (κ1) is 15.0. The molecule has 2 aromatic rings. The standard InChI is InChI=1S/C11H8BrCl2N5O/c12-5-1-6(13)10(7(14)2-5)18-11(20)8-3-17-9(19-15)4-16-8/h1-4H,15H2,(H,17,19)(H,18,20). The van der Waals surface area contributed by atoms with Gasteiger partial charge in [0.1, 0.15) is 5.69 Å². The molecule has 20 heavy (non-hydrogen) atoms. The van der Waals surface area contributed by atoms with E-state index in [1.807, 2.05) is 0 Å². The summed E-state index contributed by atoms with van der Waals surface area (Å²) in [5.74, 6) is 5.03. The van der Waals surface area contributed by atoms with Gasteiger partial charge in [0.05, 0.1) is 28.1 Å². The molecule has 1 amide bonds. The molecule has 0 saturated carbocycles. The summed E-state index contributed by atoms with van der Waals surface area (Å²) < 4.78 is 0.712. The minimum atomic E-state index is -0.479. The van der Waals surface area contributed by atoms with E-state index in [-0.39, 0.29) is 5.69 Å². The number of rotatable bonds is 3. The van der Waals surface area contributed by atoms with Crippen LogP contribution in [-0.4, -0.2) is 15.9 Å². The average Bonchev–Trinajstić information content (AvgIpc) is 2.42. The largest absolute Gasteiger partial charge is 0.318 e. The Morgan fingerprint density at radius 3 is 2.35 bits per heavy atom. The van der Waals surface area contributed by atoms with Crippen molar-refractivity contribution < 1.29 is 4.79 Å².